The Morgan fingerprint density at radius 2 is 2.17 bits per heavy atom. The van der Waals surface area contributed by atoms with E-state index in [0.29, 0.717) is 17.7 Å². The molecule has 0 aliphatic heterocycles. The second-order valence-electron chi connectivity index (χ2n) is 3.80. The lowest BCUT2D eigenvalue weighted by Crippen LogP contribution is -2.42. The fraction of sp³-hybridized carbons (Fsp3) is 0.333. The molecule has 1 atom stereocenters. The van der Waals surface area contributed by atoms with E-state index in [-0.39, 0.29) is 0 Å². The molecule has 0 heterocycles. The van der Waals surface area contributed by atoms with Crippen LogP contribution in [0.2, 0.25) is 0 Å². The molecule has 0 aliphatic rings. The smallest absolute Gasteiger partial charge is 0.274 e. The summed E-state index contributed by atoms with van der Waals surface area (Å²) in [6.07, 6.45) is 0.625. The molecule has 5 N–H and O–H groups in total. The van der Waals surface area contributed by atoms with Gasteiger partial charge in [-0.3, -0.25) is 15.0 Å². The standard InChI is InChI=1S/C12H17N3O3/c1-2-4-10(12(17)15-14)18-9-6-3-5-8(7-9)11(13)16/h3,5-7,10H,2,4,14H2,1H3,(H2,13,16)(H,15,17). The summed E-state index contributed by atoms with van der Waals surface area (Å²) >= 11 is 0. The molecular weight excluding hydrogens is 234 g/mol. The molecule has 18 heavy (non-hydrogen) atoms. The first-order valence-corrected chi connectivity index (χ1v) is 5.65. The zero-order valence-electron chi connectivity index (χ0n) is 10.2. The van der Waals surface area contributed by atoms with Gasteiger partial charge in [0.1, 0.15) is 5.75 Å². The van der Waals surface area contributed by atoms with Crippen molar-refractivity contribution in [3.63, 3.8) is 0 Å². The van der Waals surface area contributed by atoms with Crippen LogP contribution in [0.15, 0.2) is 24.3 Å². The highest BCUT2D eigenvalue weighted by atomic mass is 16.5. The third kappa shape index (κ3) is 3.74. The maximum atomic E-state index is 11.5. The lowest BCUT2D eigenvalue weighted by atomic mass is 10.2. The van der Waals surface area contributed by atoms with Gasteiger partial charge in [0.05, 0.1) is 0 Å². The van der Waals surface area contributed by atoms with E-state index >= 15 is 0 Å². The Bertz CT molecular complexity index is 434. The Balaban J connectivity index is 2.83. The van der Waals surface area contributed by atoms with Gasteiger partial charge in [0, 0.05) is 5.56 Å². The second-order valence-corrected chi connectivity index (χ2v) is 3.80. The van der Waals surface area contributed by atoms with Crippen LogP contribution in [0.25, 0.3) is 0 Å². The summed E-state index contributed by atoms with van der Waals surface area (Å²) in [5.41, 5.74) is 7.55. The highest BCUT2D eigenvalue weighted by Crippen LogP contribution is 2.16. The Morgan fingerprint density at radius 3 is 2.72 bits per heavy atom. The van der Waals surface area contributed by atoms with E-state index in [1.165, 1.54) is 6.07 Å². The Hall–Kier alpha value is -2.08. The van der Waals surface area contributed by atoms with Crippen LogP contribution in [0.5, 0.6) is 5.75 Å². The predicted octanol–water partition coefficient (Wildman–Crippen LogP) is 0.323. The van der Waals surface area contributed by atoms with E-state index < -0.39 is 17.9 Å². The number of hydrazine groups is 1. The highest BCUT2D eigenvalue weighted by molar-refractivity contribution is 5.93. The SMILES string of the molecule is CCCC(Oc1cccc(C(N)=O)c1)C(=O)NN. The topological polar surface area (TPSA) is 107 Å². The molecule has 1 rings (SSSR count). The Labute approximate surface area is 105 Å². The molecule has 2 amide bonds. The summed E-state index contributed by atoms with van der Waals surface area (Å²) in [6, 6.07) is 6.36. The first-order chi connectivity index (χ1) is 8.58. The van der Waals surface area contributed by atoms with E-state index in [2.05, 4.69) is 5.43 Å². The normalized spacial score (nSPS) is 11.7. The fourth-order valence-corrected chi connectivity index (χ4v) is 1.49. The molecule has 0 spiro atoms. The van der Waals surface area contributed by atoms with Crippen LogP contribution in [0, 0.1) is 0 Å². The Morgan fingerprint density at radius 1 is 1.44 bits per heavy atom. The minimum Gasteiger partial charge on any atom is -0.481 e. The van der Waals surface area contributed by atoms with Gasteiger partial charge in [-0.1, -0.05) is 19.4 Å². The molecule has 1 aromatic carbocycles. The monoisotopic (exact) mass is 251 g/mol. The van der Waals surface area contributed by atoms with Crippen LogP contribution in [0.4, 0.5) is 0 Å². The molecule has 1 unspecified atom stereocenters. The fourth-order valence-electron chi connectivity index (χ4n) is 1.49. The third-order valence-electron chi connectivity index (χ3n) is 2.38. The van der Waals surface area contributed by atoms with Crippen molar-refractivity contribution in [3.05, 3.63) is 29.8 Å². The molecule has 98 valence electrons. The summed E-state index contributed by atoms with van der Waals surface area (Å²) in [4.78, 5) is 22.5. The zero-order chi connectivity index (χ0) is 13.5. The van der Waals surface area contributed by atoms with Gasteiger partial charge in [-0.2, -0.15) is 0 Å². The molecule has 0 aliphatic carbocycles. The van der Waals surface area contributed by atoms with Crippen molar-refractivity contribution >= 4 is 11.8 Å². The van der Waals surface area contributed by atoms with E-state index in [1.807, 2.05) is 6.92 Å². The highest BCUT2D eigenvalue weighted by Gasteiger charge is 2.18. The van der Waals surface area contributed by atoms with Crippen LogP contribution in [-0.2, 0) is 4.79 Å². The van der Waals surface area contributed by atoms with E-state index in [9.17, 15) is 9.59 Å². The van der Waals surface area contributed by atoms with Gasteiger partial charge >= 0.3 is 0 Å². The number of nitrogens with one attached hydrogen (secondary N) is 1. The van der Waals surface area contributed by atoms with Gasteiger partial charge in [0.25, 0.3) is 5.91 Å². The number of ether oxygens (including phenoxy) is 1. The molecular formula is C12H17N3O3. The molecule has 0 saturated heterocycles. The van der Waals surface area contributed by atoms with Crippen molar-refractivity contribution < 1.29 is 14.3 Å². The maximum absolute atomic E-state index is 11.5. The molecule has 0 radical (unpaired) electrons. The molecule has 0 aromatic heterocycles. The molecule has 1 aromatic rings. The lowest BCUT2D eigenvalue weighted by Gasteiger charge is -2.17. The average Bonchev–Trinajstić information content (AvgIpc) is 2.37. The van der Waals surface area contributed by atoms with E-state index in [1.54, 1.807) is 18.2 Å². The second kappa shape index (κ2) is 6.61. The van der Waals surface area contributed by atoms with Gasteiger partial charge in [-0.25, -0.2) is 5.84 Å². The minimum atomic E-state index is -0.678. The third-order valence-corrected chi connectivity index (χ3v) is 2.38. The number of benzene rings is 1. The quantitative estimate of drug-likeness (QED) is 0.384. The number of carbonyl (C=O) groups excluding carboxylic acids is 2. The number of nitrogens with two attached hydrogens (primary N) is 2. The predicted molar refractivity (Wildman–Crippen MR) is 66.6 cm³/mol. The first-order valence-electron chi connectivity index (χ1n) is 5.65. The van der Waals surface area contributed by atoms with Crippen molar-refractivity contribution in [2.45, 2.75) is 25.9 Å². The van der Waals surface area contributed by atoms with Crippen molar-refractivity contribution in [1.82, 2.24) is 5.43 Å². The van der Waals surface area contributed by atoms with Crippen molar-refractivity contribution in [2.75, 3.05) is 0 Å². The molecule has 0 fully saturated rings. The summed E-state index contributed by atoms with van der Waals surface area (Å²) in [7, 11) is 0. The summed E-state index contributed by atoms with van der Waals surface area (Å²) in [5, 5.41) is 0. The van der Waals surface area contributed by atoms with Gasteiger partial charge in [-0.15, -0.1) is 0 Å². The first kappa shape index (κ1) is 14.0. The molecule has 0 bridgehead atoms. The van der Waals surface area contributed by atoms with Crippen molar-refractivity contribution in [3.8, 4) is 5.75 Å². The Kier molecular flexibility index (Phi) is 5.13. The summed E-state index contributed by atoms with van der Waals surface area (Å²) in [5.74, 6) is 4.54. The van der Waals surface area contributed by atoms with Gasteiger partial charge in [-0.05, 0) is 24.6 Å². The van der Waals surface area contributed by atoms with Gasteiger partial charge in [0.2, 0.25) is 5.91 Å². The maximum Gasteiger partial charge on any atom is 0.274 e. The van der Waals surface area contributed by atoms with Crippen LogP contribution >= 0.6 is 0 Å². The van der Waals surface area contributed by atoms with Crippen LogP contribution in [-0.4, -0.2) is 17.9 Å². The van der Waals surface area contributed by atoms with E-state index in [0.717, 1.165) is 6.42 Å². The van der Waals surface area contributed by atoms with Gasteiger partial charge < -0.3 is 10.5 Å². The summed E-state index contributed by atoms with van der Waals surface area (Å²) < 4.78 is 5.50. The van der Waals surface area contributed by atoms with Crippen LogP contribution in [0.3, 0.4) is 0 Å². The minimum absolute atomic E-state index is 0.330. The van der Waals surface area contributed by atoms with Crippen LogP contribution in [0.1, 0.15) is 30.1 Å². The average molecular weight is 251 g/mol. The molecule has 6 nitrogen and oxygen atoms in total. The van der Waals surface area contributed by atoms with Crippen LogP contribution < -0.4 is 21.7 Å². The molecule has 6 heteroatoms. The zero-order valence-corrected chi connectivity index (χ0v) is 10.2. The lowest BCUT2D eigenvalue weighted by molar-refractivity contribution is -0.128. The number of rotatable bonds is 6. The largest absolute Gasteiger partial charge is 0.481 e. The van der Waals surface area contributed by atoms with Gasteiger partial charge in [0.15, 0.2) is 6.10 Å². The number of carbonyl (C=O) groups is 2. The van der Waals surface area contributed by atoms with E-state index in [4.69, 9.17) is 16.3 Å². The van der Waals surface area contributed by atoms with Crippen molar-refractivity contribution in [2.24, 2.45) is 11.6 Å². The number of amides is 2. The number of primary amides is 1. The summed E-state index contributed by atoms with van der Waals surface area (Å²) in [6.45, 7) is 1.93. The number of hydrogen-bond acceptors (Lipinski definition) is 4. The van der Waals surface area contributed by atoms with Crippen molar-refractivity contribution in [1.29, 1.82) is 0 Å². The number of hydrogen-bond donors (Lipinski definition) is 3. The molecule has 0 saturated carbocycles.